The van der Waals surface area contributed by atoms with Gasteiger partial charge in [0, 0.05) is 12.2 Å². The fourth-order valence-electron chi connectivity index (χ4n) is 1.69. The van der Waals surface area contributed by atoms with Gasteiger partial charge in [-0.1, -0.05) is 0 Å². The minimum atomic E-state index is -3.93. The Hall–Kier alpha value is -1.38. The van der Waals surface area contributed by atoms with Crippen LogP contribution in [-0.2, 0) is 10.0 Å². The highest BCUT2D eigenvalue weighted by Gasteiger charge is 2.32. The molecular weight excluding hydrogens is 296 g/mol. The first kappa shape index (κ1) is 17.7. The maximum Gasteiger partial charge on any atom is 0.352 e. The van der Waals surface area contributed by atoms with Gasteiger partial charge >= 0.3 is 5.97 Å². The van der Waals surface area contributed by atoms with Crippen LogP contribution in [0.25, 0.3) is 0 Å². The van der Waals surface area contributed by atoms with Gasteiger partial charge in [0.2, 0.25) is 10.0 Å². The van der Waals surface area contributed by atoms with Crippen LogP contribution in [0.2, 0.25) is 0 Å². The van der Waals surface area contributed by atoms with E-state index < -0.39 is 27.6 Å². The Balaban J connectivity index is 3.28. The Kier molecular flexibility index (Phi) is 4.87. The molecule has 1 rings (SSSR count). The SMILES string of the molecule is CC(C)n1cc(S(=O)(=O)NC(C)(C)C(C)O)cc1C(=O)O. The molecule has 1 aromatic heterocycles. The third-order valence-electron chi connectivity index (χ3n) is 3.35. The Morgan fingerprint density at radius 1 is 1.33 bits per heavy atom. The second-order valence-corrected chi connectivity index (χ2v) is 7.55. The lowest BCUT2D eigenvalue weighted by Crippen LogP contribution is -2.50. The summed E-state index contributed by atoms with van der Waals surface area (Å²) >= 11 is 0. The van der Waals surface area contributed by atoms with Gasteiger partial charge in [0.15, 0.2) is 0 Å². The van der Waals surface area contributed by atoms with Crippen molar-refractivity contribution in [2.75, 3.05) is 0 Å². The zero-order valence-corrected chi connectivity index (χ0v) is 13.6. The number of hydrogen-bond donors (Lipinski definition) is 3. The van der Waals surface area contributed by atoms with Crippen molar-refractivity contribution in [3.63, 3.8) is 0 Å². The van der Waals surface area contributed by atoms with E-state index in [9.17, 15) is 18.3 Å². The Bertz CT molecular complexity index is 629. The van der Waals surface area contributed by atoms with Crippen molar-refractivity contribution in [3.8, 4) is 0 Å². The smallest absolute Gasteiger partial charge is 0.352 e. The molecule has 0 spiro atoms. The average molecular weight is 318 g/mol. The van der Waals surface area contributed by atoms with Crippen LogP contribution in [0.15, 0.2) is 17.2 Å². The van der Waals surface area contributed by atoms with Gasteiger partial charge in [-0.2, -0.15) is 0 Å². The van der Waals surface area contributed by atoms with Crippen molar-refractivity contribution in [1.82, 2.24) is 9.29 Å². The number of nitrogens with one attached hydrogen (secondary N) is 1. The van der Waals surface area contributed by atoms with E-state index in [1.165, 1.54) is 17.7 Å². The summed E-state index contributed by atoms with van der Waals surface area (Å²) in [6.45, 7) is 8.09. The topological polar surface area (TPSA) is 109 Å². The molecule has 21 heavy (non-hydrogen) atoms. The monoisotopic (exact) mass is 318 g/mol. The maximum absolute atomic E-state index is 12.3. The zero-order valence-electron chi connectivity index (χ0n) is 12.8. The van der Waals surface area contributed by atoms with Crippen molar-refractivity contribution in [1.29, 1.82) is 0 Å². The van der Waals surface area contributed by atoms with E-state index in [2.05, 4.69) is 4.72 Å². The Morgan fingerprint density at radius 3 is 2.19 bits per heavy atom. The van der Waals surface area contributed by atoms with Crippen molar-refractivity contribution in [3.05, 3.63) is 18.0 Å². The molecule has 1 atom stereocenters. The quantitative estimate of drug-likeness (QED) is 0.730. The van der Waals surface area contributed by atoms with E-state index in [1.54, 1.807) is 27.7 Å². The predicted octanol–water partition coefficient (Wildman–Crippen LogP) is 1.20. The molecular formula is C13H22N2O5S. The predicted molar refractivity (Wildman–Crippen MR) is 77.9 cm³/mol. The molecule has 1 heterocycles. The van der Waals surface area contributed by atoms with E-state index in [-0.39, 0.29) is 16.6 Å². The lowest BCUT2D eigenvalue weighted by atomic mass is 10.0. The largest absolute Gasteiger partial charge is 0.477 e. The van der Waals surface area contributed by atoms with E-state index in [1.807, 2.05) is 0 Å². The molecule has 0 saturated heterocycles. The highest BCUT2D eigenvalue weighted by molar-refractivity contribution is 7.89. The first-order valence-electron chi connectivity index (χ1n) is 6.55. The molecule has 0 amide bonds. The first-order chi connectivity index (χ1) is 9.38. The summed E-state index contributed by atoms with van der Waals surface area (Å²) in [6, 6.07) is 0.924. The average Bonchev–Trinajstić information content (AvgIpc) is 2.72. The van der Waals surface area contributed by atoms with E-state index >= 15 is 0 Å². The summed E-state index contributed by atoms with van der Waals surface area (Å²) in [6.07, 6.45) is 0.382. The molecule has 3 N–H and O–H groups in total. The molecule has 0 aliphatic rings. The third-order valence-corrected chi connectivity index (χ3v) is 4.99. The van der Waals surface area contributed by atoms with Gasteiger partial charge in [-0.25, -0.2) is 17.9 Å². The Morgan fingerprint density at radius 2 is 1.86 bits per heavy atom. The van der Waals surface area contributed by atoms with Gasteiger partial charge in [0.25, 0.3) is 0 Å². The van der Waals surface area contributed by atoms with Crippen LogP contribution in [0.1, 0.15) is 51.1 Å². The highest BCUT2D eigenvalue weighted by atomic mass is 32.2. The highest BCUT2D eigenvalue weighted by Crippen LogP contribution is 2.21. The zero-order chi connectivity index (χ0) is 16.6. The number of rotatable bonds is 6. The summed E-state index contributed by atoms with van der Waals surface area (Å²) in [5, 5.41) is 18.7. The number of carboxylic acid groups (broad SMARTS) is 1. The molecule has 0 bridgehead atoms. The summed E-state index contributed by atoms with van der Waals surface area (Å²) in [4.78, 5) is 11.0. The molecule has 1 unspecified atom stereocenters. The van der Waals surface area contributed by atoms with Crippen LogP contribution in [0.5, 0.6) is 0 Å². The fraction of sp³-hybridized carbons (Fsp3) is 0.615. The number of aromatic nitrogens is 1. The number of aliphatic hydroxyl groups excluding tert-OH is 1. The lowest BCUT2D eigenvalue weighted by molar-refractivity contribution is 0.0683. The fourth-order valence-corrected chi connectivity index (χ4v) is 3.19. The van der Waals surface area contributed by atoms with Gasteiger partial charge in [0.1, 0.15) is 10.6 Å². The summed E-state index contributed by atoms with van der Waals surface area (Å²) in [5.41, 5.74) is -1.16. The number of carboxylic acids is 1. The first-order valence-corrected chi connectivity index (χ1v) is 8.04. The minimum Gasteiger partial charge on any atom is -0.477 e. The van der Waals surface area contributed by atoms with Gasteiger partial charge in [-0.3, -0.25) is 0 Å². The summed E-state index contributed by atoms with van der Waals surface area (Å²) < 4.78 is 28.4. The van der Waals surface area contributed by atoms with Crippen LogP contribution in [0.3, 0.4) is 0 Å². The lowest BCUT2D eigenvalue weighted by Gasteiger charge is -2.28. The molecule has 0 aliphatic heterocycles. The number of nitrogens with zero attached hydrogens (tertiary/aromatic N) is 1. The van der Waals surface area contributed by atoms with Crippen molar-refractivity contribution >= 4 is 16.0 Å². The molecule has 0 aliphatic carbocycles. The number of hydrogen-bond acceptors (Lipinski definition) is 4. The second-order valence-electron chi connectivity index (χ2n) is 5.87. The van der Waals surface area contributed by atoms with Gasteiger partial charge < -0.3 is 14.8 Å². The molecule has 1 aromatic rings. The second kappa shape index (κ2) is 5.78. The Labute approximate surface area is 124 Å². The molecule has 0 fully saturated rings. The minimum absolute atomic E-state index is 0.0970. The van der Waals surface area contributed by atoms with E-state index in [0.717, 1.165) is 6.07 Å². The van der Waals surface area contributed by atoms with Gasteiger partial charge in [-0.15, -0.1) is 0 Å². The standard InChI is InChI=1S/C13H22N2O5S/c1-8(2)15-7-10(6-11(15)12(17)18)21(19,20)14-13(4,5)9(3)16/h6-9,14,16H,1-5H3,(H,17,18). The molecule has 0 aromatic carbocycles. The number of carbonyl (C=O) groups is 1. The number of aromatic carboxylic acids is 1. The van der Waals surface area contributed by atoms with Crippen molar-refractivity contribution < 1.29 is 23.4 Å². The maximum atomic E-state index is 12.3. The van der Waals surface area contributed by atoms with Crippen molar-refractivity contribution in [2.45, 2.75) is 57.2 Å². The van der Waals surface area contributed by atoms with Crippen LogP contribution in [0, 0.1) is 0 Å². The van der Waals surface area contributed by atoms with Crippen LogP contribution in [0.4, 0.5) is 0 Å². The van der Waals surface area contributed by atoms with Crippen molar-refractivity contribution in [2.24, 2.45) is 0 Å². The normalized spacial score (nSPS) is 14.4. The van der Waals surface area contributed by atoms with Gasteiger partial charge in [-0.05, 0) is 40.7 Å². The summed E-state index contributed by atoms with van der Waals surface area (Å²) in [5.74, 6) is -1.19. The van der Waals surface area contributed by atoms with E-state index in [4.69, 9.17) is 5.11 Å². The molecule has 8 heteroatoms. The van der Waals surface area contributed by atoms with Crippen LogP contribution in [-0.4, -0.2) is 40.8 Å². The number of aliphatic hydroxyl groups is 1. The van der Waals surface area contributed by atoms with E-state index in [0.29, 0.717) is 0 Å². The molecule has 7 nitrogen and oxygen atoms in total. The van der Waals surface area contributed by atoms with Crippen LogP contribution >= 0.6 is 0 Å². The molecule has 0 radical (unpaired) electrons. The summed E-state index contributed by atoms with van der Waals surface area (Å²) in [7, 11) is -3.93. The van der Waals surface area contributed by atoms with Crippen LogP contribution < -0.4 is 4.72 Å². The van der Waals surface area contributed by atoms with Gasteiger partial charge in [0.05, 0.1) is 11.6 Å². The number of sulfonamides is 1. The third kappa shape index (κ3) is 3.84. The molecule has 120 valence electrons. The molecule has 0 saturated carbocycles.